The van der Waals surface area contributed by atoms with Crippen molar-refractivity contribution in [1.82, 2.24) is 15.6 Å². The molecule has 21 heavy (non-hydrogen) atoms. The van der Waals surface area contributed by atoms with Gasteiger partial charge in [0.05, 0.1) is 0 Å². The lowest BCUT2D eigenvalue weighted by molar-refractivity contribution is 0.824. The van der Waals surface area contributed by atoms with E-state index < -0.39 is 0 Å². The van der Waals surface area contributed by atoms with Crippen LogP contribution in [0.15, 0.2) is 42.0 Å². The van der Waals surface area contributed by atoms with Gasteiger partial charge in [-0.15, -0.1) is 30.6 Å². The van der Waals surface area contributed by atoms with Gasteiger partial charge in [0.15, 0.2) is 5.96 Å². The summed E-state index contributed by atoms with van der Waals surface area (Å²) in [5.74, 6) is 0.806. The summed E-state index contributed by atoms with van der Waals surface area (Å²) in [4.78, 5) is 7.49. The highest BCUT2D eigenvalue weighted by molar-refractivity contribution is 14.0. The van der Waals surface area contributed by atoms with Gasteiger partial charge in [-0.2, -0.15) is 0 Å². The van der Waals surface area contributed by atoms with E-state index in [0.717, 1.165) is 18.9 Å². The Balaban J connectivity index is 0.00000220. The predicted octanol–water partition coefficient (Wildman–Crippen LogP) is 2.99. The number of H-pyrrole nitrogens is 1. The molecule has 0 aliphatic carbocycles. The highest BCUT2D eigenvalue weighted by Crippen LogP contribution is 2.19. The third kappa shape index (κ3) is 4.77. The molecule has 1 aromatic heterocycles. The fourth-order valence-electron chi connectivity index (χ4n) is 2.21. The zero-order chi connectivity index (χ0) is 14.4. The molecule has 3 N–H and O–H groups in total. The largest absolute Gasteiger partial charge is 0.361 e. The van der Waals surface area contributed by atoms with Crippen molar-refractivity contribution < 1.29 is 0 Å². The maximum absolute atomic E-state index is 4.16. The van der Waals surface area contributed by atoms with Gasteiger partial charge in [-0.25, -0.2) is 0 Å². The summed E-state index contributed by atoms with van der Waals surface area (Å²) >= 11 is 0. The monoisotopic (exact) mass is 398 g/mol. The van der Waals surface area contributed by atoms with Crippen LogP contribution in [-0.2, 0) is 6.42 Å². The van der Waals surface area contributed by atoms with Crippen LogP contribution in [0.5, 0.6) is 0 Å². The quantitative estimate of drug-likeness (QED) is 0.314. The van der Waals surface area contributed by atoms with Crippen molar-refractivity contribution in [2.75, 3.05) is 20.1 Å². The lowest BCUT2D eigenvalue weighted by atomic mass is 10.1. The number of nitrogens with one attached hydrogen (secondary N) is 3. The summed E-state index contributed by atoms with van der Waals surface area (Å²) < 4.78 is 0. The van der Waals surface area contributed by atoms with E-state index in [1.165, 1.54) is 22.0 Å². The molecule has 1 aromatic carbocycles. The number of aryl methyl sites for hydroxylation is 1. The van der Waals surface area contributed by atoms with Crippen LogP contribution >= 0.6 is 24.0 Å². The van der Waals surface area contributed by atoms with Crippen LogP contribution in [0.3, 0.4) is 0 Å². The average molecular weight is 398 g/mol. The number of nitrogens with zero attached hydrogens (tertiary/aromatic N) is 1. The van der Waals surface area contributed by atoms with E-state index in [0.29, 0.717) is 6.54 Å². The Morgan fingerprint density at radius 2 is 2.19 bits per heavy atom. The van der Waals surface area contributed by atoms with Gasteiger partial charge in [0.25, 0.3) is 0 Å². The van der Waals surface area contributed by atoms with E-state index in [1.807, 2.05) is 6.08 Å². The minimum Gasteiger partial charge on any atom is -0.361 e. The summed E-state index contributed by atoms with van der Waals surface area (Å²) in [5, 5.41) is 7.75. The van der Waals surface area contributed by atoms with Crippen LogP contribution in [0.25, 0.3) is 10.9 Å². The Kier molecular flexibility index (Phi) is 7.28. The first kappa shape index (κ1) is 17.6. The van der Waals surface area contributed by atoms with Gasteiger partial charge in [0.2, 0.25) is 0 Å². The number of halogens is 1. The Bertz CT molecular complexity index is 616. The topological polar surface area (TPSA) is 52.2 Å². The van der Waals surface area contributed by atoms with Crippen molar-refractivity contribution in [2.45, 2.75) is 13.3 Å². The number of hydrogen-bond donors (Lipinski definition) is 3. The van der Waals surface area contributed by atoms with Crippen molar-refractivity contribution in [2.24, 2.45) is 4.99 Å². The highest BCUT2D eigenvalue weighted by atomic mass is 127. The molecule has 5 heteroatoms. The van der Waals surface area contributed by atoms with E-state index in [2.05, 4.69) is 58.5 Å². The number of guanidine groups is 1. The zero-order valence-corrected chi connectivity index (χ0v) is 14.9. The minimum absolute atomic E-state index is 0. The Labute approximate surface area is 143 Å². The molecule has 0 spiro atoms. The molecule has 114 valence electrons. The van der Waals surface area contributed by atoms with E-state index in [9.17, 15) is 0 Å². The van der Waals surface area contributed by atoms with Crippen LogP contribution in [0, 0.1) is 6.92 Å². The molecule has 2 rings (SSSR count). The zero-order valence-electron chi connectivity index (χ0n) is 12.6. The fourth-order valence-corrected chi connectivity index (χ4v) is 2.21. The number of rotatable bonds is 5. The molecule has 0 unspecified atom stereocenters. The molecule has 0 saturated heterocycles. The molecule has 0 radical (unpaired) electrons. The second kappa shape index (κ2) is 8.71. The molecule has 0 amide bonds. The third-order valence-electron chi connectivity index (χ3n) is 3.25. The fraction of sp³-hybridized carbons (Fsp3) is 0.312. The van der Waals surface area contributed by atoms with Crippen LogP contribution in [0.4, 0.5) is 0 Å². The maximum Gasteiger partial charge on any atom is 0.191 e. The Hall–Kier alpha value is -1.50. The molecular weight excluding hydrogens is 375 g/mol. The summed E-state index contributed by atoms with van der Waals surface area (Å²) in [6, 6.07) is 6.51. The van der Waals surface area contributed by atoms with Crippen molar-refractivity contribution >= 4 is 40.8 Å². The number of aromatic nitrogens is 1. The van der Waals surface area contributed by atoms with E-state index in [4.69, 9.17) is 0 Å². The van der Waals surface area contributed by atoms with Crippen molar-refractivity contribution in [3.05, 3.63) is 48.2 Å². The minimum atomic E-state index is 0. The summed E-state index contributed by atoms with van der Waals surface area (Å²) in [5.41, 5.74) is 3.80. The normalized spacial score (nSPS) is 11.0. The number of aliphatic imine (C=N–C) groups is 1. The van der Waals surface area contributed by atoms with Gasteiger partial charge in [-0.1, -0.05) is 18.2 Å². The van der Waals surface area contributed by atoms with Gasteiger partial charge in [0, 0.05) is 37.2 Å². The van der Waals surface area contributed by atoms with Crippen molar-refractivity contribution in [1.29, 1.82) is 0 Å². The molecule has 0 saturated carbocycles. The first-order valence-electron chi connectivity index (χ1n) is 6.86. The van der Waals surface area contributed by atoms with Gasteiger partial charge in [0.1, 0.15) is 0 Å². The molecule has 0 atom stereocenters. The third-order valence-corrected chi connectivity index (χ3v) is 3.25. The lowest BCUT2D eigenvalue weighted by Crippen LogP contribution is -2.38. The van der Waals surface area contributed by atoms with E-state index in [-0.39, 0.29) is 24.0 Å². The van der Waals surface area contributed by atoms with Crippen LogP contribution < -0.4 is 10.6 Å². The van der Waals surface area contributed by atoms with Gasteiger partial charge < -0.3 is 15.6 Å². The number of benzene rings is 1. The average Bonchev–Trinajstić information content (AvgIpc) is 2.85. The first-order valence-corrected chi connectivity index (χ1v) is 6.86. The van der Waals surface area contributed by atoms with Crippen LogP contribution in [0.2, 0.25) is 0 Å². The maximum atomic E-state index is 4.16. The second-order valence-corrected chi connectivity index (χ2v) is 4.78. The van der Waals surface area contributed by atoms with Crippen molar-refractivity contribution in [3.8, 4) is 0 Å². The number of hydrogen-bond acceptors (Lipinski definition) is 1. The standard InChI is InChI=1S/C16H22N4.HI/c1-4-8-18-16(17-3)19-9-7-13-11-20-15-10-12(2)5-6-14(13)15;/h4-6,10-11,20H,1,7-9H2,2-3H3,(H2,17,18,19);1H. The molecule has 0 fully saturated rings. The van der Waals surface area contributed by atoms with E-state index >= 15 is 0 Å². The summed E-state index contributed by atoms with van der Waals surface area (Å²) in [7, 11) is 1.77. The molecular formula is C16H23IN4. The highest BCUT2D eigenvalue weighted by Gasteiger charge is 2.04. The lowest BCUT2D eigenvalue weighted by Gasteiger charge is -2.09. The summed E-state index contributed by atoms with van der Waals surface area (Å²) in [6.45, 7) is 7.35. The first-order chi connectivity index (χ1) is 9.74. The van der Waals surface area contributed by atoms with Gasteiger partial charge in [-0.05, 0) is 30.5 Å². The molecule has 0 bridgehead atoms. The smallest absolute Gasteiger partial charge is 0.191 e. The van der Waals surface area contributed by atoms with Crippen molar-refractivity contribution in [3.63, 3.8) is 0 Å². The predicted molar refractivity (Wildman–Crippen MR) is 102 cm³/mol. The molecule has 0 aliphatic heterocycles. The SMILES string of the molecule is C=CCNC(=NC)NCCc1c[nH]c2cc(C)ccc12.I. The Morgan fingerprint density at radius 1 is 1.38 bits per heavy atom. The molecule has 4 nitrogen and oxygen atoms in total. The second-order valence-electron chi connectivity index (χ2n) is 4.78. The molecule has 2 aromatic rings. The molecule has 1 heterocycles. The number of fused-ring (bicyclic) bond motifs is 1. The Morgan fingerprint density at radius 3 is 2.90 bits per heavy atom. The molecule has 0 aliphatic rings. The number of aromatic amines is 1. The van der Waals surface area contributed by atoms with Crippen LogP contribution in [-0.4, -0.2) is 31.1 Å². The van der Waals surface area contributed by atoms with E-state index in [1.54, 1.807) is 7.05 Å². The van der Waals surface area contributed by atoms with Crippen LogP contribution in [0.1, 0.15) is 11.1 Å². The van der Waals surface area contributed by atoms with Gasteiger partial charge >= 0.3 is 0 Å². The van der Waals surface area contributed by atoms with Gasteiger partial charge in [-0.3, -0.25) is 4.99 Å². The summed E-state index contributed by atoms with van der Waals surface area (Å²) in [6.07, 6.45) is 4.86.